The molecule has 0 aromatic heterocycles. The summed E-state index contributed by atoms with van der Waals surface area (Å²) in [4.78, 5) is 20.2. The van der Waals surface area contributed by atoms with Gasteiger partial charge in [0.25, 0.3) is 0 Å². The molecule has 0 aliphatic rings. The third-order valence-corrected chi connectivity index (χ3v) is 6.58. The van der Waals surface area contributed by atoms with Gasteiger partial charge in [0, 0.05) is 0 Å². The van der Waals surface area contributed by atoms with Crippen molar-refractivity contribution >= 4 is 7.60 Å². The van der Waals surface area contributed by atoms with Crippen LogP contribution in [-0.4, -0.2) is 15.4 Å². The molecule has 0 heterocycles. The third-order valence-electron chi connectivity index (χ3n) is 5.26. The van der Waals surface area contributed by atoms with Crippen LogP contribution in [0.25, 0.3) is 0 Å². The molecule has 0 saturated carbocycles. The quantitative estimate of drug-likeness (QED) is 0.385. The van der Waals surface area contributed by atoms with E-state index < -0.39 is 13.3 Å². The Morgan fingerprint density at radius 3 is 1.90 bits per heavy atom. The summed E-state index contributed by atoms with van der Waals surface area (Å²) in [5.74, 6) is 1.34. The molecule has 2 rings (SSSR count). The predicted molar refractivity (Wildman–Crippen MR) is 131 cm³/mol. The Kier molecular flexibility index (Phi) is 11.0. The van der Waals surface area contributed by atoms with E-state index in [1.54, 1.807) is 0 Å². The van der Waals surface area contributed by atoms with Gasteiger partial charge in [-0.05, 0) is 68.7 Å². The summed E-state index contributed by atoms with van der Waals surface area (Å²) < 4.78 is 18.3. The Hall–Kier alpha value is -1.61. The second kappa shape index (κ2) is 12.4. The summed E-state index contributed by atoms with van der Waals surface area (Å²) in [6, 6.07) is 17.1. The van der Waals surface area contributed by atoms with Crippen LogP contribution < -0.4 is 4.74 Å². The van der Waals surface area contributed by atoms with Crippen LogP contribution in [0, 0.1) is 5.92 Å². The highest BCUT2D eigenvalue weighted by Crippen LogP contribution is 2.56. The molecule has 0 bridgehead atoms. The van der Waals surface area contributed by atoms with E-state index in [-0.39, 0.29) is 11.5 Å². The maximum Gasteiger partial charge on any atom is 0.332 e. The van der Waals surface area contributed by atoms with E-state index in [2.05, 4.69) is 13.8 Å². The average molecular weight is 449 g/mol. The molecule has 0 fully saturated rings. The van der Waals surface area contributed by atoms with Gasteiger partial charge in [-0.25, -0.2) is 0 Å². The number of hydrogen-bond acceptors (Lipinski definition) is 2. The predicted octanol–water partition coefficient (Wildman–Crippen LogP) is 7.72. The van der Waals surface area contributed by atoms with E-state index in [1.165, 1.54) is 0 Å². The van der Waals surface area contributed by atoms with Crippen LogP contribution in [0.3, 0.4) is 0 Å². The molecule has 3 unspecified atom stereocenters. The van der Waals surface area contributed by atoms with E-state index in [0.29, 0.717) is 17.9 Å². The molecule has 31 heavy (non-hydrogen) atoms. The molecule has 0 radical (unpaired) electrons. The molecule has 2 aromatic carbocycles. The molecule has 3 atom stereocenters. The van der Waals surface area contributed by atoms with Crippen LogP contribution in [0.2, 0.25) is 0 Å². The van der Waals surface area contributed by atoms with Crippen molar-refractivity contribution in [2.75, 3.05) is 0 Å². The van der Waals surface area contributed by atoms with Crippen molar-refractivity contribution in [3.8, 4) is 5.75 Å². The highest BCUT2D eigenvalue weighted by molar-refractivity contribution is 7.52. The minimum absolute atomic E-state index is 0.0615. The van der Waals surface area contributed by atoms with Gasteiger partial charge in [-0.1, -0.05) is 76.6 Å². The van der Waals surface area contributed by atoms with Gasteiger partial charge >= 0.3 is 7.60 Å². The summed E-state index contributed by atoms with van der Waals surface area (Å²) in [6.07, 6.45) is 2.34. The normalized spacial score (nSPS) is 14.7. The van der Waals surface area contributed by atoms with Gasteiger partial charge in [0.1, 0.15) is 11.4 Å². The number of benzene rings is 2. The Labute approximate surface area is 189 Å². The minimum atomic E-state index is -4.29. The topological polar surface area (TPSA) is 66.8 Å². The van der Waals surface area contributed by atoms with Crippen molar-refractivity contribution in [2.45, 2.75) is 84.9 Å². The van der Waals surface area contributed by atoms with Gasteiger partial charge in [-0.2, -0.15) is 0 Å². The van der Waals surface area contributed by atoms with Crippen molar-refractivity contribution in [2.24, 2.45) is 5.92 Å². The highest BCUT2D eigenvalue weighted by atomic mass is 31.2. The first-order valence-electron chi connectivity index (χ1n) is 11.4. The zero-order valence-electron chi connectivity index (χ0n) is 20.2. The molecule has 174 valence electrons. The lowest BCUT2D eigenvalue weighted by molar-refractivity contribution is 0.131. The van der Waals surface area contributed by atoms with Gasteiger partial charge in [0.05, 0.1) is 5.66 Å². The molecule has 5 heteroatoms. The summed E-state index contributed by atoms with van der Waals surface area (Å²) in [7, 11) is -4.29. The first-order valence-corrected chi connectivity index (χ1v) is 13.1. The smallest absolute Gasteiger partial charge is 0.332 e. The number of hydrogen-bond donors (Lipinski definition) is 2. The lowest BCUT2D eigenvalue weighted by atomic mass is 9.84. The van der Waals surface area contributed by atoms with E-state index in [1.807, 2.05) is 89.2 Å². The standard InChI is InChI=1S/C24H35O4P.C2H6/c1-6-18(2)16-21(19-12-14-22(15-13-19)28-24(3,4)5)17-23(29(25,26)27)20-10-8-7-9-11-20;1-2/h7-15,18,21,23H,6,16-17H2,1-5H3,(H2,25,26,27);1-2H3. The van der Waals surface area contributed by atoms with Crippen molar-refractivity contribution < 1.29 is 19.1 Å². The van der Waals surface area contributed by atoms with Crippen LogP contribution in [0.1, 0.15) is 90.4 Å². The SMILES string of the molecule is CC.CCC(C)CC(CC(c1ccccc1)P(=O)(O)O)c1ccc(OC(C)(C)C)cc1. The summed E-state index contributed by atoms with van der Waals surface area (Å²) >= 11 is 0. The maximum atomic E-state index is 12.3. The van der Waals surface area contributed by atoms with E-state index in [0.717, 1.165) is 24.2 Å². The zero-order valence-corrected chi connectivity index (χ0v) is 21.1. The Morgan fingerprint density at radius 1 is 0.903 bits per heavy atom. The molecule has 0 amide bonds. The Balaban J connectivity index is 0.00000233. The fourth-order valence-corrected chi connectivity index (χ4v) is 4.68. The minimum Gasteiger partial charge on any atom is -0.488 e. The van der Waals surface area contributed by atoms with Crippen LogP contribution in [-0.2, 0) is 4.57 Å². The fourth-order valence-electron chi connectivity index (χ4n) is 3.59. The summed E-state index contributed by atoms with van der Waals surface area (Å²) in [6.45, 7) is 14.4. The lowest BCUT2D eigenvalue weighted by Crippen LogP contribution is -2.22. The van der Waals surface area contributed by atoms with E-state index >= 15 is 0 Å². The summed E-state index contributed by atoms with van der Waals surface area (Å²) in [5, 5.41) is 0. The first kappa shape index (κ1) is 27.4. The lowest BCUT2D eigenvalue weighted by Gasteiger charge is -2.27. The van der Waals surface area contributed by atoms with Crippen LogP contribution >= 0.6 is 7.60 Å². The molecule has 0 aliphatic heterocycles. The average Bonchev–Trinajstić information content (AvgIpc) is 2.71. The van der Waals surface area contributed by atoms with Crippen molar-refractivity contribution in [3.63, 3.8) is 0 Å². The fraction of sp³-hybridized carbons (Fsp3) is 0.538. The summed E-state index contributed by atoms with van der Waals surface area (Å²) in [5.41, 5.74) is 0.725. The van der Waals surface area contributed by atoms with Gasteiger partial charge < -0.3 is 14.5 Å². The molecule has 0 saturated heterocycles. The van der Waals surface area contributed by atoms with Gasteiger partial charge in [0.15, 0.2) is 0 Å². The van der Waals surface area contributed by atoms with Crippen LogP contribution in [0.5, 0.6) is 5.75 Å². The largest absolute Gasteiger partial charge is 0.488 e. The molecular weight excluding hydrogens is 407 g/mol. The zero-order chi connectivity index (χ0) is 23.7. The highest BCUT2D eigenvalue weighted by Gasteiger charge is 2.33. The Bertz CT molecular complexity index is 790. The second-order valence-corrected chi connectivity index (χ2v) is 10.8. The van der Waals surface area contributed by atoms with Crippen molar-refractivity contribution in [1.82, 2.24) is 0 Å². The van der Waals surface area contributed by atoms with E-state index in [4.69, 9.17) is 4.74 Å². The van der Waals surface area contributed by atoms with Crippen LogP contribution in [0.4, 0.5) is 0 Å². The van der Waals surface area contributed by atoms with Gasteiger partial charge in [-0.3, -0.25) is 4.57 Å². The van der Waals surface area contributed by atoms with Crippen molar-refractivity contribution in [3.05, 3.63) is 65.7 Å². The molecule has 4 nitrogen and oxygen atoms in total. The maximum absolute atomic E-state index is 12.3. The number of ether oxygens (including phenoxy) is 1. The van der Waals surface area contributed by atoms with Crippen molar-refractivity contribution in [1.29, 1.82) is 0 Å². The number of rotatable bonds is 9. The van der Waals surface area contributed by atoms with E-state index in [9.17, 15) is 14.4 Å². The molecule has 0 aliphatic carbocycles. The first-order chi connectivity index (χ1) is 14.5. The van der Waals surface area contributed by atoms with Crippen LogP contribution in [0.15, 0.2) is 54.6 Å². The van der Waals surface area contributed by atoms with Gasteiger partial charge in [0.2, 0.25) is 0 Å². The molecule has 2 aromatic rings. The molecule has 0 spiro atoms. The monoisotopic (exact) mass is 448 g/mol. The third kappa shape index (κ3) is 9.60. The Morgan fingerprint density at radius 2 is 1.45 bits per heavy atom. The second-order valence-electron chi connectivity index (χ2n) is 8.98. The van der Waals surface area contributed by atoms with Gasteiger partial charge in [-0.15, -0.1) is 0 Å². The molecular formula is C26H41O4P. The molecule has 2 N–H and O–H groups in total.